The highest BCUT2D eigenvalue weighted by atomic mass is 35.5. The third-order valence-corrected chi connectivity index (χ3v) is 5.77. The van der Waals surface area contributed by atoms with Crippen LogP contribution < -0.4 is 10.6 Å². The van der Waals surface area contributed by atoms with Crippen LogP contribution in [0.25, 0.3) is 17.1 Å². The number of halogens is 1. The number of carbonyl (C=O) groups is 2. The van der Waals surface area contributed by atoms with Crippen LogP contribution in [0.1, 0.15) is 29.8 Å². The number of nitrogens with zero attached hydrogens (tertiary/aromatic N) is 3. The summed E-state index contributed by atoms with van der Waals surface area (Å²) in [6, 6.07) is 10.5. The fourth-order valence-electron chi connectivity index (χ4n) is 2.95. The molecule has 1 aromatic heterocycles. The Kier molecular flexibility index (Phi) is 6.53. The molecule has 0 saturated carbocycles. The van der Waals surface area contributed by atoms with Crippen molar-refractivity contribution in [3.8, 4) is 0 Å². The van der Waals surface area contributed by atoms with Gasteiger partial charge in [0.15, 0.2) is 5.17 Å². The van der Waals surface area contributed by atoms with Crippen LogP contribution in [0.5, 0.6) is 0 Å². The fourth-order valence-corrected chi connectivity index (χ4v) is 3.94. The van der Waals surface area contributed by atoms with Crippen molar-refractivity contribution in [3.63, 3.8) is 0 Å². The third kappa shape index (κ3) is 5.15. The summed E-state index contributed by atoms with van der Waals surface area (Å²) < 4.78 is 0. The lowest BCUT2D eigenvalue weighted by atomic mass is 10.1. The van der Waals surface area contributed by atoms with E-state index in [0.717, 1.165) is 16.6 Å². The largest absolute Gasteiger partial charge is 0.352 e. The van der Waals surface area contributed by atoms with Crippen LogP contribution in [0.15, 0.2) is 58.7 Å². The summed E-state index contributed by atoms with van der Waals surface area (Å²) in [6.45, 7) is 4.62. The topological polar surface area (TPSA) is 96.3 Å². The normalized spacial score (nSPS) is 16.2. The molecule has 0 unspecified atom stereocenters. The highest BCUT2D eigenvalue weighted by Crippen LogP contribution is 2.32. The van der Waals surface area contributed by atoms with Gasteiger partial charge in [-0.25, -0.2) is 4.99 Å². The van der Waals surface area contributed by atoms with Crippen molar-refractivity contribution in [3.05, 3.63) is 69.8 Å². The molecular formula is C23H20ClN5O2S. The van der Waals surface area contributed by atoms with Gasteiger partial charge in [-0.3, -0.25) is 19.6 Å². The molecule has 2 N–H and O–H groups in total. The third-order valence-electron chi connectivity index (χ3n) is 4.54. The number of rotatable bonds is 5. The second kappa shape index (κ2) is 9.50. The van der Waals surface area contributed by atoms with E-state index in [2.05, 4.69) is 25.6 Å². The Morgan fingerprint density at radius 1 is 1.19 bits per heavy atom. The van der Waals surface area contributed by atoms with Crippen LogP contribution in [-0.4, -0.2) is 33.5 Å². The molecule has 32 heavy (non-hydrogen) atoms. The Morgan fingerprint density at radius 3 is 2.75 bits per heavy atom. The molecule has 1 aliphatic rings. The Morgan fingerprint density at radius 2 is 1.97 bits per heavy atom. The second-order valence-electron chi connectivity index (χ2n) is 7.56. The van der Waals surface area contributed by atoms with Crippen LogP contribution in [0.4, 0.5) is 5.69 Å². The standard InChI is InChI=1S/C23H20ClN5O2S/c1-13(2)12-27-21(30)15-4-5-16(24)18(11-15)28-23-29-22(31)20(32-23)10-14-3-6-17-19(9-14)26-8-7-25-17/h3-11,13H,12H2,1-2H3,(H,27,30)(H,28,29,31). The van der Waals surface area contributed by atoms with E-state index in [1.54, 1.807) is 36.7 Å². The number of benzene rings is 2. The average Bonchev–Trinajstić information content (AvgIpc) is 3.12. The van der Waals surface area contributed by atoms with Gasteiger partial charge >= 0.3 is 0 Å². The quantitative estimate of drug-likeness (QED) is 0.538. The average molecular weight is 466 g/mol. The first-order valence-electron chi connectivity index (χ1n) is 9.97. The zero-order chi connectivity index (χ0) is 22.7. The maximum Gasteiger partial charge on any atom is 0.264 e. The molecule has 0 aliphatic carbocycles. The molecule has 0 spiro atoms. The molecule has 1 saturated heterocycles. The summed E-state index contributed by atoms with van der Waals surface area (Å²) in [6.07, 6.45) is 5.04. The van der Waals surface area contributed by atoms with Gasteiger partial charge in [-0.1, -0.05) is 31.5 Å². The molecule has 2 aromatic carbocycles. The minimum atomic E-state index is -0.255. The van der Waals surface area contributed by atoms with E-state index in [0.29, 0.717) is 38.8 Å². The summed E-state index contributed by atoms with van der Waals surface area (Å²) in [5.74, 6) is -0.106. The predicted molar refractivity (Wildman–Crippen MR) is 129 cm³/mol. The monoisotopic (exact) mass is 465 g/mol. The van der Waals surface area contributed by atoms with E-state index in [4.69, 9.17) is 11.6 Å². The number of fused-ring (bicyclic) bond motifs is 1. The summed E-state index contributed by atoms with van der Waals surface area (Å²) in [7, 11) is 0. The Balaban J connectivity index is 1.55. The summed E-state index contributed by atoms with van der Waals surface area (Å²) in [4.78, 5) is 38.3. The van der Waals surface area contributed by atoms with Gasteiger partial charge < -0.3 is 10.6 Å². The van der Waals surface area contributed by atoms with Crippen LogP contribution in [0.3, 0.4) is 0 Å². The van der Waals surface area contributed by atoms with Crippen LogP contribution >= 0.6 is 23.4 Å². The lowest BCUT2D eigenvalue weighted by molar-refractivity contribution is -0.115. The Hall–Kier alpha value is -3.23. The highest BCUT2D eigenvalue weighted by Gasteiger charge is 2.24. The van der Waals surface area contributed by atoms with Crippen molar-refractivity contribution < 1.29 is 9.59 Å². The highest BCUT2D eigenvalue weighted by molar-refractivity contribution is 8.18. The van der Waals surface area contributed by atoms with Crippen LogP contribution in [0, 0.1) is 5.92 Å². The minimum absolute atomic E-state index is 0.195. The summed E-state index contributed by atoms with van der Waals surface area (Å²) in [5.41, 5.74) is 3.23. The number of amidine groups is 1. The molecule has 162 valence electrons. The lowest BCUT2D eigenvalue weighted by Crippen LogP contribution is -2.27. The first-order valence-corrected chi connectivity index (χ1v) is 11.2. The van der Waals surface area contributed by atoms with Gasteiger partial charge in [0.1, 0.15) is 0 Å². The van der Waals surface area contributed by atoms with Crippen molar-refractivity contribution in [1.82, 2.24) is 20.6 Å². The molecular weight excluding hydrogens is 446 g/mol. The van der Waals surface area contributed by atoms with Crippen molar-refractivity contribution >= 4 is 63.1 Å². The van der Waals surface area contributed by atoms with Crippen molar-refractivity contribution in [1.29, 1.82) is 0 Å². The van der Waals surface area contributed by atoms with Crippen LogP contribution in [0.2, 0.25) is 5.02 Å². The predicted octanol–water partition coefficient (Wildman–Crippen LogP) is 4.56. The van der Waals surface area contributed by atoms with Gasteiger partial charge in [-0.2, -0.15) is 0 Å². The molecule has 3 aromatic rings. The lowest BCUT2D eigenvalue weighted by Gasteiger charge is -2.08. The zero-order valence-electron chi connectivity index (χ0n) is 17.4. The summed E-state index contributed by atoms with van der Waals surface area (Å²) >= 11 is 7.48. The minimum Gasteiger partial charge on any atom is -0.352 e. The maximum atomic E-state index is 12.4. The molecule has 2 amide bonds. The number of hydrogen-bond acceptors (Lipinski definition) is 6. The van der Waals surface area contributed by atoms with Gasteiger partial charge in [0.2, 0.25) is 0 Å². The molecule has 1 aliphatic heterocycles. The smallest absolute Gasteiger partial charge is 0.264 e. The fraction of sp³-hybridized carbons (Fsp3) is 0.174. The first kappa shape index (κ1) is 22.0. The second-order valence-corrected chi connectivity index (χ2v) is 8.99. The van der Waals surface area contributed by atoms with E-state index < -0.39 is 0 Å². The van der Waals surface area contributed by atoms with E-state index >= 15 is 0 Å². The number of amides is 2. The number of aromatic nitrogens is 2. The van der Waals surface area contributed by atoms with E-state index in [9.17, 15) is 9.59 Å². The molecule has 7 nitrogen and oxygen atoms in total. The molecule has 0 radical (unpaired) electrons. The van der Waals surface area contributed by atoms with E-state index in [1.807, 2.05) is 32.0 Å². The molecule has 1 fully saturated rings. The van der Waals surface area contributed by atoms with Crippen molar-refractivity contribution in [2.75, 3.05) is 6.54 Å². The first-order chi connectivity index (χ1) is 15.4. The van der Waals surface area contributed by atoms with Gasteiger partial charge in [0.25, 0.3) is 11.8 Å². The Bertz CT molecular complexity index is 1270. The molecule has 2 heterocycles. The molecule has 9 heteroatoms. The van der Waals surface area contributed by atoms with Gasteiger partial charge in [-0.05, 0) is 59.7 Å². The number of hydrogen-bond donors (Lipinski definition) is 2. The van der Waals surface area contributed by atoms with Crippen LogP contribution in [-0.2, 0) is 4.79 Å². The SMILES string of the molecule is CC(C)CNC(=O)c1ccc(Cl)c(N=C2NC(=O)C(=Cc3ccc4nccnc4c3)S2)c1. The molecule has 4 rings (SSSR count). The zero-order valence-corrected chi connectivity index (χ0v) is 19.0. The van der Waals surface area contributed by atoms with Gasteiger partial charge in [0, 0.05) is 24.5 Å². The van der Waals surface area contributed by atoms with E-state index in [-0.39, 0.29) is 11.8 Å². The van der Waals surface area contributed by atoms with Crippen molar-refractivity contribution in [2.45, 2.75) is 13.8 Å². The number of thioether (sulfide) groups is 1. The molecule has 0 bridgehead atoms. The number of aliphatic imine (C=N–C) groups is 1. The summed E-state index contributed by atoms with van der Waals surface area (Å²) in [5, 5.41) is 6.39. The number of carbonyl (C=O) groups excluding carboxylic acids is 2. The van der Waals surface area contributed by atoms with Gasteiger partial charge in [-0.15, -0.1) is 0 Å². The maximum absolute atomic E-state index is 12.4. The Labute approximate surface area is 194 Å². The van der Waals surface area contributed by atoms with Gasteiger partial charge in [0.05, 0.1) is 26.6 Å². The van der Waals surface area contributed by atoms with Crippen molar-refractivity contribution in [2.24, 2.45) is 10.9 Å². The number of nitrogens with one attached hydrogen (secondary N) is 2. The van der Waals surface area contributed by atoms with E-state index in [1.165, 1.54) is 11.8 Å². The molecule has 0 atom stereocenters.